The van der Waals surface area contributed by atoms with Gasteiger partial charge in [-0.3, -0.25) is 0 Å². The van der Waals surface area contributed by atoms with Gasteiger partial charge in [0, 0.05) is 24.0 Å². The van der Waals surface area contributed by atoms with Crippen LogP contribution < -0.4 is 5.32 Å². The molecule has 0 bridgehead atoms. The Balaban J connectivity index is 1.50. The Morgan fingerprint density at radius 1 is 1.33 bits per heavy atom. The molecule has 2 aromatic heterocycles. The number of anilines is 1. The predicted molar refractivity (Wildman–Crippen MR) is 78.4 cm³/mol. The molecule has 2 aromatic rings. The summed E-state index contributed by atoms with van der Waals surface area (Å²) < 4.78 is 15.4. The average molecular weight is 309 g/mol. The fourth-order valence-corrected chi connectivity index (χ4v) is 2.94. The van der Waals surface area contributed by atoms with Gasteiger partial charge in [0.05, 0.1) is 6.10 Å². The van der Waals surface area contributed by atoms with Crippen LogP contribution >= 0.6 is 11.5 Å². The van der Waals surface area contributed by atoms with Gasteiger partial charge in [0.25, 0.3) is 5.89 Å². The summed E-state index contributed by atoms with van der Waals surface area (Å²) >= 11 is 1.39. The molecule has 114 valence electrons. The van der Waals surface area contributed by atoms with E-state index < -0.39 is 0 Å². The third-order valence-electron chi connectivity index (χ3n) is 3.37. The lowest BCUT2D eigenvalue weighted by Gasteiger charge is -2.11. The summed E-state index contributed by atoms with van der Waals surface area (Å²) in [6.45, 7) is 6.70. The maximum Gasteiger partial charge on any atom is 0.255 e. The molecule has 0 unspecified atom stereocenters. The highest BCUT2D eigenvalue weighted by Gasteiger charge is 2.30. The smallest absolute Gasteiger partial charge is 0.255 e. The molecule has 3 rings (SSSR count). The summed E-state index contributed by atoms with van der Waals surface area (Å²) in [7, 11) is 0. The van der Waals surface area contributed by atoms with Crippen molar-refractivity contribution >= 4 is 16.7 Å². The minimum absolute atomic E-state index is 0.0846. The summed E-state index contributed by atoms with van der Waals surface area (Å²) in [5.41, 5.74) is 0. The van der Waals surface area contributed by atoms with Crippen molar-refractivity contribution in [1.29, 1.82) is 0 Å². The highest BCUT2D eigenvalue weighted by molar-refractivity contribution is 7.09. The first-order valence-electron chi connectivity index (χ1n) is 7.15. The van der Waals surface area contributed by atoms with Gasteiger partial charge < -0.3 is 14.6 Å². The van der Waals surface area contributed by atoms with Crippen molar-refractivity contribution < 1.29 is 9.26 Å². The number of hydrogen-bond acceptors (Lipinski definition) is 8. The Labute approximate surface area is 127 Å². The van der Waals surface area contributed by atoms with Gasteiger partial charge in [0.15, 0.2) is 5.82 Å². The molecule has 21 heavy (non-hydrogen) atoms. The van der Waals surface area contributed by atoms with E-state index in [0.717, 1.165) is 30.3 Å². The SMILES string of the molecule is Cc1noc([C@@H]2CC[C@H](CNc3nc(C(C)C)ns3)O2)n1. The number of nitrogens with zero attached hydrogens (tertiary/aromatic N) is 4. The van der Waals surface area contributed by atoms with Crippen LogP contribution in [0.5, 0.6) is 0 Å². The maximum atomic E-state index is 5.93. The molecular formula is C13H19N5O2S. The fraction of sp³-hybridized carbons (Fsp3) is 0.692. The monoisotopic (exact) mass is 309 g/mol. The Hall–Kier alpha value is -1.54. The van der Waals surface area contributed by atoms with E-state index >= 15 is 0 Å². The zero-order chi connectivity index (χ0) is 14.8. The molecule has 1 saturated heterocycles. The number of aryl methyl sites for hydroxylation is 1. The third kappa shape index (κ3) is 3.38. The largest absolute Gasteiger partial charge is 0.363 e. The number of hydrogen-bond donors (Lipinski definition) is 1. The Bertz CT molecular complexity index is 597. The van der Waals surface area contributed by atoms with Crippen LogP contribution in [0.15, 0.2) is 4.52 Å². The first-order chi connectivity index (χ1) is 10.1. The highest BCUT2D eigenvalue weighted by atomic mass is 32.1. The van der Waals surface area contributed by atoms with Crippen LogP contribution in [0.25, 0.3) is 0 Å². The molecule has 0 amide bonds. The Morgan fingerprint density at radius 3 is 2.86 bits per heavy atom. The highest BCUT2D eigenvalue weighted by Crippen LogP contribution is 2.31. The van der Waals surface area contributed by atoms with E-state index in [4.69, 9.17) is 9.26 Å². The summed E-state index contributed by atoms with van der Waals surface area (Å²) in [4.78, 5) is 8.68. The van der Waals surface area contributed by atoms with Crippen molar-refractivity contribution in [3.63, 3.8) is 0 Å². The number of aromatic nitrogens is 4. The molecular weight excluding hydrogens is 290 g/mol. The van der Waals surface area contributed by atoms with Crippen molar-refractivity contribution in [2.24, 2.45) is 0 Å². The number of ether oxygens (including phenoxy) is 1. The first-order valence-corrected chi connectivity index (χ1v) is 7.92. The van der Waals surface area contributed by atoms with Crippen LogP contribution in [0.2, 0.25) is 0 Å². The Kier molecular flexibility index (Phi) is 4.16. The maximum absolute atomic E-state index is 5.93. The summed E-state index contributed by atoms with van der Waals surface area (Å²) in [6.07, 6.45) is 1.92. The second-order valence-corrected chi connectivity index (χ2v) is 6.25. The minimum atomic E-state index is -0.0846. The lowest BCUT2D eigenvalue weighted by Crippen LogP contribution is -2.19. The molecule has 7 nitrogen and oxygen atoms in total. The normalized spacial score (nSPS) is 22.1. The summed E-state index contributed by atoms with van der Waals surface area (Å²) in [5, 5.41) is 7.94. The zero-order valence-corrected chi connectivity index (χ0v) is 13.2. The molecule has 1 N–H and O–H groups in total. The predicted octanol–water partition coefficient (Wildman–Crippen LogP) is 2.69. The topological polar surface area (TPSA) is 86.0 Å². The van der Waals surface area contributed by atoms with Gasteiger partial charge in [-0.15, -0.1) is 0 Å². The zero-order valence-electron chi connectivity index (χ0n) is 12.4. The van der Waals surface area contributed by atoms with Crippen molar-refractivity contribution in [2.45, 2.75) is 51.7 Å². The molecule has 0 saturated carbocycles. The molecule has 0 spiro atoms. The molecule has 3 heterocycles. The fourth-order valence-electron chi connectivity index (χ4n) is 2.22. The van der Waals surface area contributed by atoms with Gasteiger partial charge in [-0.25, -0.2) is 4.98 Å². The van der Waals surface area contributed by atoms with Gasteiger partial charge >= 0.3 is 0 Å². The molecule has 1 aliphatic heterocycles. The van der Waals surface area contributed by atoms with E-state index in [2.05, 4.69) is 38.7 Å². The molecule has 1 fully saturated rings. The van der Waals surface area contributed by atoms with Crippen LogP contribution in [-0.4, -0.2) is 32.1 Å². The summed E-state index contributed by atoms with van der Waals surface area (Å²) in [5.74, 6) is 2.46. The Morgan fingerprint density at radius 2 is 2.19 bits per heavy atom. The van der Waals surface area contributed by atoms with Crippen LogP contribution in [0, 0.1) is 6.92 Å². The lowest BCUT2D eigenvalue weighted by molar-refractivity contribution is 0.0326. The van der Waals surface area contributed by atoms with Gasteiger partial charge in [-0.1, -0.05) is 19.0 Å². The molecule has 0 aromatic carbocycles. The van der Waals surface area contributed by atoms with E-state index in [1.54, 1.807) is 0 Å². The van der Waals surface area contributed by atoms with E-state index in [9.17, 15) is 0 Å². The van der Waals surface area contributed by atoms with Gasteiger partial charge in [-0.05, 0) is 19.8 Å². The van der Waals surface area contributed by atoms with Crippen LogP contribution in [0.4, 0.5) is 5.13 Å². The molecule has 0 radical (unpaired) electrons. The minimum Gasteiger partial charge on any atom is -0.363 e. The van der Waals surface area contributed by atoms with Crippen molar-refractivity contribution in [3.05, 3.63) is 17.5 Å². The number of nitrogens with one attached hydrogen (secondary N) is 1. The standard InChI is InChI=1S/C13H19N5O2S/c1-7(2)11-16-13(21-18-11)14-6-9-4-5-10(19-9)12-15-8(3)17-20-12/h7,9-10H,4-6H2,1-3H3,(H,14,16,18)/t9-,10+/m1/s1. The van der Waals surface area contributed by atoms with Crippen LogP contribution in [0.1, 0.15) is 56.3 Å². The second kappa shape index (κ2) is 6.07. The van der Waals surface area contributed by atoms with E-state index in [0.29, 0.717) is 17.6 Å². The average Bonchev–Trinajstić information content (AvgIpc) is 3.16. The molecule has 2 atom stereocenters. The molecule has 8 heteroatoms. The van der Waals surface area contributed by atoms with E-state index in [1.807, 2.05) is 6.92 Å². The number of rotatable bonds is 5. The van der Waals surface area contributed by atoms with Crippen molar-refractivity contribution in [2.75, 3.05) is 11.9 Å². The van der Waals surface area contributed by atoms with E-state index in [1.165, 1.54) is 11.5 Å². The van der Waals surface area contributed by atoms with Crippen molar-refractivity contribution in [3.8, 4) is 0 Å². The van der Waals surface area contributed by atoms with E-state index in [-0.39, 0.29) is 12.2 Å². The van der Waals surface area contributed by atoms with Gasteiger partial charge in [-0.2, -0.15) is 9.36 Å². The first kappa shape index (κ1) is 14.4. The third-order valence-corrected chi connectivity index (χ3v) is 4.05. The quantitative estimate of drug-likeness (QED) is 0.908. The van der Waals surface area contributed by atoms with Gasteiger partial charge in [0.1, 0.15) is 11.9 Å². The second-order valence-electron chi connectivity index (χ2n) is 5.50. The molecule has 0 aliphatic carbocycles. The van der Waals surface area contributed by atoms with Crippen LogP contribution in [-0.2, 0) is 4.74 Å². The van der Waals surface area contributed by atoms with Gasteiger partial charge in [0.2, 0.25) is 5.13 Å². The summed E-state index contributed by atoms with van der Waals surface area (Å²) in [6, 6.07) is 0. The lowest BCUT2D eigenvalue weighted by atomic mass is 10.2. The van der Waals surface area contributed by atoms with Crippen LogP contribution in [0.3, 0.4) is 0 Å². The van der Waals surface area contributed by atoms with Crippen molar-refractivity contribution in [1.82, 2.24) is 19.5 Å². The molecule has 1 aliphatic rings.